The zero-order valence-corrected chi connectivity index (χ0v) is 17.1. The third-order valence-corrected chi connectivity index (χ3v) is 6.11. The van der Waals surface area contributed by atoms with Crippen LogP contribution in [0.5, 0.6) is 11.5 Å². The molecule has 0 fully saturated rings. The van der Waals surface area contributed by atoms with Crippen molar-refractivity contribution < 1.29 is 9.84 Å². The molecule has 0 aliphatic carbocycles. The van der Waals surface area contributed by atoms with Crippen molar-refractivity contribution in [2.75, 3.05) is 7.11 Å². The number of phenols is 1. The highest BCUT2D eigenvalue weighted by atomic mass is 16.5. The van der Waals surface area contributed by atoms with Gasteiger partial charge in [-0.1, -0.05) is 12.1 Å². The first-order valence-corrected chi connectivity index (χ1v) is 9.59. The number of hydrogen-bond acceptors (Lipinski definition) is 6. The van der Waals surface area contributed by atoms with Crippen molar-refractivity contribution in [1.82, 2.24) is 27.9 Å². The van der Waals surface area contributed by atoms with E-state index in [1.54, 1.807) is 12.1 Å². The predicted molar refractivity (Wildman–Crippen MR) is 108 cm³/mol. The van der Waals surface area contributed by atoms with Gasteiger partial charge in [-0.3, -0.25) is 0 Å². The molecular weight excluding hydrogens is 408 g/mol. The number of nitrogens with zero attached hydrogens (tertiary/aromatic N) is 6. The lowest BCUT2D eigenvalue weighted by molar-refractivity contribution is 0.245. The van der Waals surface area contributed by atoms with Gasteiger partial charge in [0, 0.05) is 14.1 Å². The van der Waals surface area contributed by atoms with E-state index in [-0.39, 0.29) is 24.6 Å². The number of allylic oxidation sites excluding steroid dienone is 2. The minimum atomic E-state index is -0.731. The summed E-state index contributed by atoms with van der Waals surface area (Å²) in [6, 6.07) is 3.30. The maximum absolute atomic E-state index is 13.0. The average molecular weight is 428 g/mol. The number of benzene rings is 1. The quantitative estimate of drug-likeness (QED) is 0.496. The van der Waals surface area contributed by atoms with Crippen LogP contribution in [0.3, 0.4) is 0 Å². The van der Waals surface area contributed by atoms with Crippen molar-refractivity contribution in [3.05, 3.63) is 77.3 Å². The second-order valence-electron chi connectivity index (χ2n) is 7.66. The second kappa shape index (κ2) is 6.27. The molecule has 12 nitrogen and oxygen atoms in total. The van der Waals surface area contributed by atoms with Gasteiger partial charge in [-0.15, -0.1) is 0 Å². The predicted octanol–water partition coefficient (Wildman–Crippen LogP) is -1.49. The molecule has 0 saturated heterocycles. The number of aromatic nitrogens is 6. The van der Waals surface area contributed by atoms with Crippen LogP contribution in [0, 0.1) is 0 Å². The fourth-order valence-electron chi connectivity index (χ4n) is 4.54. The van der Waals surface area contributed by atoms with Crippen molar-refractivity contribution in [3.63, 3.8) is 0 Å². The third-order valence-electron chi connectivity index (χ3n) is 6.11. The van der Waals surface area contributed by atoms with Gasteiger partial charge < -0.3 is 9.84 Å². The van der Waals surface area contributed by atoms with E-state index in [0.717, 1.165) is 9.13 Å². The molecule has 1 aromatic carbocycles. The van der Waals surface area contributed by atoms with Crippen LogP contribution in [-0.2, 0) is 27.2 Å². The van der Waals surface area contributed by atoms with Gasteiger partial charge in [0.25, 0.3) is 0 Å². The Kier molecular flexibility index (Phi) is 3.85. The Balaban J connectivity index is 1.83. The van der Waals surface area contributed by atoms with Crippen molar-refractivity contribution in [2.24, 2.45) is 14.1 Å². The van der Waals surface area contributed by atoms with Crippen molar-refractivity contribution >= 4 is 0 Å². The standard InChI is InChI=1S/C19H20N6O6/c1-20-16(27)22-7-6-11-12(24(22)18(20)29)9-23-17(28)21(2)19(30)25(23)15(11)10-4-5-13(26)14(8-10)31-3/h4-6,8,12,15,26H,7,9H2,1-3H3/t12-,15+/m1/s1. The molecule has 2 atom stereocenters. The summed E-state index contributed by atoms with van der Waals surface area (Å²) < 4.78 is 12.5. The van der Waals surface area contributed by atoms with E-state index in [9.17, 15) is 24.3 Å². The molecule has 31 heavy (non-hydrogen) atoms. The monoisotopic (exact) mass is 428 g/mol. The van der Waals surface area contributed by atoms with Gasteiger partial charge in [0.2, 0.25) is 0 Å². The minimum absolute atomic E-state index is 0.0236. The van der Waals surface area contributed by atoms with Crippen molar-refractivity contribution in [3.8, 4) is 11.5 Å². The largest absolute Gasteiger partial charge is 0.504 e. The van der Waals surface area contributed by atoms with Gasteiger partial charge in [0.05, 0.1) is 26.2 Å². The number of rotatable bonds is 2. The van der Waals surface area contributed by atoms with Gasteiger partial charge >= 0.3 is 22.8 Å². The summed E-state index contributed by atoms with van der Waals surface area (Å²) in [7, 11) is 4.20. The van der Waals surface area contributed by atoms with Gasteiger partial charge in [-0.05, 0) is 23.3 Å². The summed E-state index contributed by atoms with van der Waals surface area (Å²) in [5, 5.41) is 10.0. The normalized spacial score (nSPS) is 19.4. The van der Waals surface area contributed by atoms with Crippen molar-refractivity contribution in [1.29, 1.82) is 0 Å². The maximum Gasteiger partial charge on any atom is 0.347 e. The van der Waals surface area contributed by atoms with Crippen LogP contribution in [0.2, 0.25) is 0 Å². The molecule has 2 aliphatic heterocycles. The molecule has 12 heteroatoms. The molecule has 5 rings (SSSR count). The molecule has 1 N–H and O–H groups in total. The van der Waals surface area contributed by atoms with Crippen LogP contribution < -0.4 is 27.5 Å². The number of ether oxygens (including phenoxy) is 1. The van der Waals surface area contributed by atoms with Crippen LogP contribution in [-0.4, -0.2) is 40.1 Å². The topological polar surface area (TPSA) is 127 Å². The van der Waals surface area contributed by atoms with E-state index in [1.807, 2.05) is 6.08 Å². The molecule has 0 amide bonds. The molecule has 4 heterocycles. The van der Waals surface area contributed by atoms with Gasteiger partial charge in [0.15, 0.2) is 11.5 Å². The molecule has 0 bridgehead atoms. The average Bonchev–Trinajstić information content (AvgIpc) is 3.12. The number of fused-ring (bicyclic) bond motifs is 4. The highest BCUT2D eigenvalue weighted by molar-refractivity contribution is 5.45. The van der Waals surface area contributed by atoms with E-state index in [4.69, 9.17) is 4.74 Å². The molecule has 162 valence electrons. The lowest BCUT2D eigenvalue weighted by atomic mass is 9.90. The molecule has 0 unspecified atom stereocenters. The lowest BCUT2D eigenvalue weighted by Gasteiger charge is -2.37. The van der Waals surface area contributed by atoms with Crippen LogP contribution in [0.25, 0.3) is 0 Å². The zero-order chi connectivity index (χ0) is 22.2. The summed E-state index contributed by atoms with van der Waals surface area (Å²) in [6.45, 7) is 0.175. The minimum Gasteiger partial charge on any atom is -0.504 e. The zero-order valence-electron chi connectivity index (χ0n) is 17.1. The molecule has 3 aromatic rings. The highest BCUT2D eigenvalue weighted by Crippen LogP contribution is 2.40. The van der Waals surface area contributed by atoms with E-state index in [1.165, 1.54) is 46.0 Å². The van der Waals surface area contributed by atoms with Gasteiger partial charge in [-0.25, -0.2) is 47.0 Å². The fourth-order valence-corrected chi connectivity index (χ4v) is 4.54. The Morgan fingerprint density at radius 1 is 0.935 bits per heavy atom. The smallest absolute Gasteiger partial charge is 0.347 e. The summed E-state index contributed by atoms with van der Waals surface area (Å²) >= 11 is 0. The highest BCUT2D eigenvalue weighted by Gasteiger charge is 2.40. The third kappa shape index (κ3) is 2.35. The molecule has 0 radical (unpaired) electrons. The van der Waals surface area contributed by atoms with Crippen molar-refractivity contribution in [2.45, 2.75) is 25.2 Å². The Labute approximate surface area is 173 Å². The molecule has 2 aromatic heterocycles. The summed E-state index contributed by atoms with van der Waals surface area (Å²) in [5.41, 5.74) is -0.693. The fraction of sp³-hybridized carbons (Fsp3) is 0.368. The Hall–Kier alpha value is -3.96. The Morgan fingerprint density at radius 3 is 2.26 bits per heavy atom. The van der Waals surface area contributed by atoms with E-state index < -0.39 is 34.8 Å². The van der Waals surface area contributed by atoms with Gasteiger partial charge in [-0.2, -0.15) is 0 Å². The van der Waals surface area contributed by atoms with E-state index in [0.29, 0.717) is 11.1 Å². The maximum atomic E-state index is 13.0. The first-order valence-electron chi connectivity index (χ1n) is 9.59. The van der Waals surface area contributed by atoms with E-state index >= 15 is 0 Å². The molecular formula is C19H20N6O6. The van der Waals surface area contributed by atoms with Crippen LogP contribution >= 0.6 is 0 Å². The molecule has 0 spiro atoms. The van der Waals surface area contributed by atoms with E-state index in [2.05, 4.69) is 0 Å². The summed E-state index contributed by atoms with van der Waals surface area (Å²) in [4.78, 5) is 51.0. The Morgan fingerprint density at radius 2 is 1.58 bits per heavy atom. The van der Waals surface area contributed by atoms with Crippen LogP contribution in [0.15, 0.2) is 49.0 Å². The molecule has 2 aliphatic rings. The SMILES string of the molecule is COc1cc([C@H]2C3=CCn4c(=O)n(C)c(=O)n4[C@@H]3Cn3c(=O)n(C)c(=O)n32)ccc1O. The number of phenolic OH excluding ortho intramolecular Hbond substituents is 1. The van der Waals surface area contributed by atoms with Crippen LogP contribution in [0.1, 0.15) is 17.6 Å². The Bertz CT molecular complexity index is 1510. The van der Waals surface area contributed by atoms with Crippen LogP contribution in [0.4, 0.5) is 0 Å². The number of aromatic hydroxyl groups is 1. The molecule has 0 saturated carbocycles. The number of methoxy groups -OCH3 is 1. The first kappa shape index (κ1) is 19.0. The first-order chi connectivity index (χ1) is 14.8. The summed E-state index contributed by atoms with van der Waals surface area (Å²) in [6.07, 6.45) is 1.81. The summed E-state index contributed by atoms with van der Waals surface area (Å²) in [5.74, 6) is 0.143. The second-order valence-corrected chi connectivity index (χ2v) is 7.66. The lowest BCUT2D eigenvalue weighted by Crippen LogP contribution is -2.46. The van der Waals surface area contributed by atoms with Gasteiger partial charge in [0.1, 0.15) is 6.04 Å². The number of hydrogen-bond donors (Lipinski definition) is 1.